The zero-order valence-electron chi connectivity index (χ0n) is 19.9. The highest BCUT2D eigenvalue weighted by Crippen LogP contribution is 2.32. The highest BCUT2D eigenvalue weighted by molar-refractivity contribution is 7.80. The van der Waals surface area contributed by atoms with Gasteiger partial charge in [-0.1, -0.05) is 35.3 Å². The standard InChI is InChI=1S/C26H33Cl2N3O3S/c1-34-21-5-2-18(3-6-21)19-8-12-30(13-9-19)17-24(32)26(33)10-14-31(15-11-26)25(35)29-20-4-7-22(27)23(28)16-20/h2-7,16,19,24,32-33H,8-15,17H2,1H3,(H,29,35). The zero-order valence-corrected chi connectivity index (χ0v) is 22.2. The van der Waals surface area contributed by atoms with Crippen LogP contribution in [0.5, 0.6) is 5.75 Å². The molecule has 2 aliphatic rings. The number of benzene rings is 2. The number of β-amino-alcohol motifs (C(OH)–C–C–N with tert-alkyl or cyclic N) is 1. The summed E-state index contributed by atoms with van der Waals surface area (Å²) in [6.07, 6.45) is 2.21. The van der Waals surface area contributed by atoms with Crippen LogP contribution < -0.4 is 10.1 Å². The molecule has 0 spiro atoms. The van der Waals surface area contributed by atoms with Gasteiger partial charge in [0.15, 0.2) is 5.11 Å². The van der Waals surface area contributed by atoms with Gasteiger partial charge in [0.2, 0.25) is 0 Å². The summed E-state index contributed by atoms with van der Waals surface area (Å²) in [4.78, 5) is 4.28. The molecule has 0 saturated carbocycles. The molecule has 2 aromatic carbocycles. The van der Waals surface area contributed by atoms with Gasteiger partial charge in [-0.3, -0.25) is 0 Å². The highest BCUT2D eigenvalue weighted by Gasteiger charge is 2.40. The Labute approximate surface area is 222 Å². The van der Waals surface area contributed by atoms with Crippen LogP contribution in [0.4, 0.5) is 5.69 Å². The van der Waals surface area contributed by atoms with Crippen molar-refractivity contribution in [2.45, 2.75) is 43.3 Å². The zero-order chi connectivity index (χ0) is 25.0. The molecule has 190 valence electrons. The molecule has 1 unspecified atom stereocenters. The van der Waals surface area contributed by atoms with Gasteiger partial charge in [-0.15, -0.1) is 0 Å². The van der Waals surface area contributed by atoms with Crippen LogP contribution in [0, 0.1) is 0 Å². The van der Waals surface area contributed by atoms with Crippen molar-refractivity contribution in [2.24, 2.45) is 0 Å². The Morgan fingerprint density at radius 2 is 1.74 bits per heavy atom. The summed E-state index contributed by atoms with van der Waals surface area (Å²) in [6.45, 7) is 3.44. The van der Waals surface area contributed by atoms with Crippen LogP contribution in [-0.4, -0.2) is 76.7 Å². The lowest BCUT2D eigenvalue weighted by Gasteiger charge is -2.43. The molecule has 2 heterocycles. The number of nitrogens with zero attached hydrogens (tertiary/aromatic N) is 2. The van der Waals surface area contributed by atoms with Crippen LogP contribution in [-0.2, 0) is 0 Å². The average Bonchev–Trinajstić information content (AvgIpc) is 2.87. The van der Waals surface area contributed by atoms with Gasteiger partial charge < -0.3 is 30.1 Å². The lowest BCUT2D eigenvalue weighted by Crippen LogP contribution is -2.56. The van der Waals surface area contributed by atoms with Crippen molar-refractivity contribution in [1.29, 1.82) is 0 Å². The molecular weight excluding hydrogens is 505 g/mol. The van der Waals surface area contributed by atoms with Crippen molar-refractivity contribution in [3.63, 3.8) is 0 Å². The quantitative estimate of drug-likeness (QED) is 0.458. The van der Waals surface area contributed by atoms with Crippen LogP contribution in [0.2, 0.25) is 10.0 Å². The third-order valence-electron chi connectivity index (χ3n) is 7.31. The molecule has 2 aliphatic heterocycles. The van der Waals surface area contributed by atoms with Crippen molar-refractivity contribution < 1.29 is 14.9 Å². The fourth-order valence-electron chi connectivity index (χ4n) is 4.95. The van der Waals surface area contributed by atoms with Crippen LogP contribution in [0.3, 0.4) is 0 Å². The normalized spacial score (nSPS) is 19.9. The molecule has 2 saturated heterocycles. The van der Waals surface area contributed by atoms with Crippen molar-refractivity contribution in [3.05, 3.63) is 58.1 Å². The van der Waals surface area contributed by atoms with Crippen molar-refractivity contribution in [1.82, 2.24) is 9.80 Å². The predicted octanol–water partition coefficient (Wildman–Crippen LogP) is 4.77. The number of rotatable bonds is 6. The summed E-state index contributed by atoms with van der Waals surface area (Å²) in [5.74, 6) is 1.39. The summed E-state index contributed by atoms with van der Waals surface area (Å²) >= 11 is 17.6. The second-order valence-corrected chi connectivity index (χ2v) is 10.7. The molecule has 0 aliphatic carbocycles. The Hall–Kier alpha value is -1.61. The second kappa shape index (κ2) is 11.6. The maximum absolute atomic E-state index is 11.2. The maximum Gasteiger partial charge on any atom is 0.173 e. The third kappa shape index (κ3) is 6.59. The fraction of sp³-hybridized carbons (Fsp3) is 0.500. The first kappa shape index (κ1) is 26.5. The number of aliphatic hydroxyl groups excluding tert-OH is 1. The molecular formula is C26H33Cl2N3O3S. The molecule has 0 radical (unpaired) electrons. The van der Waals surface area contributed by atoms with E-state index in [0.717, 1.165) is 37.4 Å². The van der Waals surface area contributed by atoms with Crippen molar-refractivity contribution in [2.75, 3.05) is 45.2 Å². The molecule has 4 rings (SSSR count). The number of nitrogens with one attached hydrogen (secondary N) is 1. The monoisotopic (exact) mass is 537 g/mol. The molecule has 2 fully saturated rings. The molecule has 3 N–H and O–H groups in total. The summed E-state index contributed by atoms with van der Waals surface area (Å²) < 4.78 is 5.26. The number of thiocarbonyl (C=S) groups is 1. The van der Waals surface area contributed by atoms with Gasteiger partial charge in [-0.25, -0.2) is 0 Å². The number of anilines is 1. The van der Waals surface area contributed by atoms with E-state index in [1.807, 2.05) is 23.1 Å². The van der Waals surface area contributed by atoms with Crippen LogP contribution >= 0.6 is 35.4 Å². The van der Waals surface area contributed by atoms with Gasteiger partial charge in [0.05, 0.1) is 28.9 Å². The van der Waals surface area contributed by atoms with E-state index in [1.165, 1.54) is 5.56 Å². The van der Waals surface area contributed by atoms with Gasteiger partial charge in [0.1, 0.15) is 5.75 Å². The number of piperidine rings is 2. The van der Waals surface area contributed by atoms with Crippen molar-refractivity contribution in [3.8, 4) is 5.75 Å². The van der Waals surface area contributed by atoms with E-state index >= 15 is 0 Å². The van der Waals surface area contributed by atoms with E-state index in [4.69, 9.17) is 40.2 Å². The van der Waals surface area contributed by atoms with E-state index < -0.39 is 11.7 Å². The van der Waals surface area contributed by atoms with E-state index in [9.17, 15) is 10.2 Å². The molecule has 35 heavy (non-hydrogen) atoms. The molecule has 0 bridgehead atoms. The minimum absolute atomic E-state index is 0.458. The molecule has 0 aromatic heterocycles. The Bertz CT molecular complexity index is 1010. The van der Waals surface area contributed by atoms with Gasteiger partial charge in [0.25, 0.3) is 0 Å². The Kier molecular flexibility index (Phi) is 8.79. The maximum atomic E-state index is 11.2. The largest absolute Gasteiger partial charge is 0.497 e. The van der Waals surface area contributed by atoms with Crippen LogP contribution in [0.15, 0.2) is 42.5 Å². The molecule has 6 nitrogen and oxygen atoms in total. The lowest BCUT2D eigenvalue weighted by molar-refractivity contribution is -0.112. The smallest absolute Gasteiger partial charge is 0.173 e. The fourth-order valence-corrected chi connectivity index (χ4v) is 5.54. The topological polar surface area (TPSA) is 68.2 Å². The number of ether oxygens (including phenoxy) is 1. The number of methoxy groups -OCH3 is 1. The second-order valence-electron chi connectivity index (χ2n) is 9.51. The molecule has 1 atom stereocenters. The highest BCUT2D eigenvalue weighted by atomic mass is 35.5. The first-order chi connectivity index (χ1) is 16.8. The molecule has 2 aromatic rings. The van der Waals surface area contributed by atoms with E-state index in [1.54, 1.807) is 19.2 Å². The average molecular weight is 539 g/mol. The number of aliphatic hydroxyl groups is 2. The van der Waals surface area contributed by atoms with Gasteiger partial charge in [-0.05, 0) is 92.8 Å². The Balaban J connectivity index is 1.23. The van der Waals surface area contributed by atoms with Gasteiger partial charge in [-0.2, -0.15) is 0 Å². The number of hydrogen-bond donors (Lipinski definition) is 3. The molecule has 9 heteroatoms. The predicted molar refractivity (Wildman–Crippen MR) is 146 cm³/mol. The number of halogens is 2. The summed E-state index contributed by atoms with van der Waals surface area (Å²) in [6, 6.07) is 13.6. The minimum atomic E-state index is -1.11. The van der Waals surface area contributed by atoms with Crippen LogP contribution in [0.25, 0.3) is 0 Å². The summed E-state index contributed by atoms with van der Waals surface area (Å²) in [7, 11) is 1.68. The Morgan fingerprint density at radius 3 is 2.34 bits per heavy atom. The summed E-state index contributed by atoms with van der Waals surface area (Å²) in [5, 5.41) is 26.8. The summed E-state index contributed by atoms with van der Waals surface area (Å²) in [5.41, 5.74) is 0.994. The van der Waals surface area contributed by atoms with E-state index in [-0.39, 0.29) is 0 Å². The first-order valence-electron chi connectivity index (χ1n) is 12.0. The van der Waals surface area contributed by atoms with Gasteiger partial charge >= 0.3 is 0 Å². The number of hydrogen-bond acceptors (Lipinski definition) is 5. The molecule has 0 amide bonds. The minimum Gasteiger partial charge on any atom is -0.497 e. The number of likely N-dealkylation sites (tertiary alicyclic amines) is 2. The van der Waals surface area contributed by atoms with Crippen LogP contribution in [0.1, 0.15) is 37.2 Å². The first-order valence-corrected chi connectivity index (χ1v) is 13.2. The van der Waals surface area contributed by atoms with Crippen molar-refractivity contribution >= 4 is 46.2 Å². The van der Waals surface area contributed by atoms with Gasteiger partial charge in [0, 0.05) is 25.3 Å². The van der Waals surface area contributed by atoms with E-state index in [0.29, 0.717) is 53.6 Å². The SMILES string of the molecule is COc1ccc(C2CCN(CC(O)C3(O)CCN(C(=S)Nc4ccc(Cl)c(Cl)c4)CC3)CC2)cc1. The Morgan fingerprint density at radius 1 is 1.09 bits per heavy atom. The van der Waals surface area contributed by atoms with E-state index in [2.05, 4.69) is 22.3 Å². The third-order valence-corrected chi connectivity index (χ3v) is 8.41. The lowest BCUT2D eigenvalue weighted by atomic mass is 9.84.